The molecule has 3 nitrogen and oxygen atoms in total. The summed E-state index contributed by atoms with van der Waals surface area (Å²) in [6, 6.07) is 3.85. The van der Waals surface area contributed by atoms with Crippen LogP contribution in [0.15, 0.2) is 28.4 Å². The Morgan fingerprint density at radius 2 is 2.00 bits per heavy atom. The van der Waals surface area contributed by atoms with E-state index in [0.29, 0.717) is 10.5 Å². The van der Waals surface area contributed by atoms with Gasteiger partial charge in [0.25, 0.3) is 0 Å². The highest BCUT2D eigenvalue weighted by atomic mass is 32.2. The molecule has 2 rings (SSSR count). The summed E-state index contributed by atoms with van der Waals surface area (Å²) in [5.74, 6) is 0.177. The summed E-state index contributed by atoms with van der Waals surface area (Å²) in [5, 5.41) is 12.3. The predicted molar refractivity (Wildman–Crippen MR) is 64.8 cm³/mol. The maximum Gasteiger partial charge on any atom is 0.174 e. The van der Waals surface area contributed by atoms with E-state index >= 15 is 0 Å². The van der Waals surface area contributed by atoms with Crippen LogP contribution in [0.4, 0.5) is 0 Å². The van der Waals surface area contributed by atoms with E-state index in [1.165, 1.54) is 11.8 Å². The van der Waals surface area contributed by atoms with Crippen LogP contribution in [-0.2, 0) is 0 Å². The molecule has 0 spiro atoms. The lowest BCUT2D eigenvalue weighted by Crippen LogP contribution is -1.87. The highest BCUT2D eigenvalue weighted by Gasteiger charge is 2.08. The fourth-order valence-electron chi connectivity index (χ4n) is 1.30. The van der Waals surface area contributed by atoms with Crippen molar-refractivity contribution in [3.05, 3.63) is 18.3 Å². The predicted octanol–water partition coefficient (Wildman–Crippen LogP) is 2.78. The average molecular weight is 238 g/mol. The molecule has 2 heterocycles. The van der Waals surface area contributed by atoms with Gasteiger partial charge in [-0.3, -0.25) is 0 Å². The van der Waals surface area contributed by atoms with Gasteiger partial charge in [0.1, 0.15) is 10.5 Å². The molecule has 0 saturated carbocycles. The minimum Gasteiger partial charge on any atom is -0.503 e. The molecule has 2 aromatic heterocycles. The summed E-state index contributed by atoms with van der Waals surface area (Å²) >= 11 is 2.97. The third-order valence-electron chi connectivity index (χ3n) is 2.05. The maximum atomic E-state index is 9.91. The van der Waals surface area contributed by atoms with Gasteiger partial charge in [0, 0.05) is 11.6 Å². The van der Waals surface area contributed by atoms with Crippen molar-refractivity contribution in [3.8, 4) is 5.75 Å². The lowest BCUT2D eigenvalue weighted by molar-refractivity contribution is 0.462. The van der Waals surface area contributed by atoms with Gasteiger partial charge in [-0.2, -0.15) is 0 Å². The smallest absolute Gasteiger partial charge is 0.174 e. The fraction of sp³-hybridized carbons (Fsp3) is 0.200. The number of nitrogens with zero attached hydrogens (tertiary/aromatic N) is 2. The number of fused-ring (bicyclic) bond motifs is 1. The van der Waals surface area contributed by atoms with Crippen LogP contribution in [-0.4, -0.2) is 27.6 Å². The van der Waals surface area contributed by atoms with Gasteiger partial charge < -0.3 is 5.11 Å². The SMILES string of the molecule is CSc1ccc2cnc(SC)c(O)c2n1. The molecule has 0 aliphatic carbocycles. The summed E-state index contributed by atoms with van der Waals surface area (Å²) in [5.41, 5.74) is 0.626. The van der Waals surface area contributed by atoms with Crippen molar-refractivity contribution < 1.29 is 5.11 Å². The highest BCUT2D eigenvalue weighted by Crippen LogP contribution is 2.31. The first-order chi connectivity index (χ1) is 7.26. The van der Waals surface area contributed by atoms with Gasteiger partial charge in [-0.15, -0.1) is 23.5 Å². The molecule has 0 bridgehead atoms. The van der Waals surface area contributed by atoms with Crippen molar-refractivity contribution in [2.24, 2.45) is 0 Å². The normalized spacial score (nSPS) is 10.8. The molecule has 78 valence electrons. The van der Waals surface area contributed by atoms with E-state index in [1.54, 1.807) is 18.0 Å². The molecule has 0 atom stereocenters. The summed E-state index contributed by atoms with van der Waals surface area (Å²) < 4.78 is 0. The van der Waals surface area contributed by atoms with Crippen LogP contribution in [0.25, 0.3) is 10.9 Å². The molecule has 0 saturated heterocycles. The number of pyridine rings is 2. The number of hydrogen-bond acceptors (Lipinski definition) is 5. The van der Waals surface area contributed by atoms with Crippen LogP contribution in [0.2, 0.25) is 0 Å². The minimum atomic E-state index is 0.177. The van der Waals surface area contributed by atoms with Gasteiger partial charge >= 0.3 is 0 Å². The second-order valence-corrected chi connectivity index (χ2v) is 4.53. The molecule has 0 radical (unpaired) electrons. The zero-order chi connectivity index (χ0) is 10.8. The lowest BCUT2D eigenvalue weighted by Gasteiger charge is -2.04. The number of hydrogen-bond donors (Lipinski definition) is 1. The largest absolute Gasteiger partial charge is 0.503 e. The van der Waals surface area contributed by atoms with Crippen molar-refractivity contribution in [3.63, 3.8) is 0 Å². The van der Waals surface area contributed by atoms with Crippen LogP contribution in [0.1, 0.15) is 0 Å². The van der Waals surface area contributed by atoms with Crippen LogP contribution in [0.3, 0.4) is 0 Å². The first kappa shape index (κ1) is 10.6. The molecule has 2 aromatic rings. The van der Waals surface area contributed by atoms with Gasteiger partial charge in [-0.25, -0.2) is 9.97 Å². The molecular weight excluding hydrogens is 228 g/mol. The second-order valence-electron chi connectivity index (χ2n) is 2.91. The Morgan fingerprint density at radius 1 is 1.20 bits per heavy atom. The Labute approximate surface area is 96.3 Å². The van der Waals surface area contributed by atoms with Crippen molar-refractivity contribution >= 4 is 34.4 Å². The molecule has 0 aliphatic heterocycles. The van der Waals surface area contributed by atoms with E-state index in [2.05, 4.69) is 9.97 Å². The quantitative estimate of drug-likeness (QED) is 0.815. The van der Waals surface area contributed by atoms with Crippen LogP contribution in [0.5, 0.6) is 5.75 Å². The maximum absolute atomic E-state index is 9.91. The van der Waals surface area contributed by atoms with E-state index in [9.17, 15) is 5.11 Å². The van der Waals surface area contributed by atoms with Crippen LogP contribution < -0.4 is 0 Å². The van der Waals surface area contributed by atoms with E-state index in [4.69, 9.17) is 0 Å². The van der Waals surface area contributed by atoms with Crippen molar-refractivity contribution in [1.82, 2.24) is 9.97 Å². The third-order valence-corrected chi connectivity index (χ3v) is 3.38. The van der Waals surface area contributed by atoms with E-state index in [1.807, 2.05) is 24.6 Å². The Hall–Kier alpha value is -0.940. The molecule has 5 heteroatoms. The highest BCUT2D eigenvalue weighted by molar-refractivity contribution is 7.98. The monoisotopic (exact) mass is 238 g/mol. The average Bonchev–Trinajstić information content (AvgIpc) is 2.29. The van der Waals surface area contributed by atoms with Gasteiger partial charge in [-0.05, 0) is 24.6 Å². The van der Waals surface area contributed by atoms with Gasteiger partial charge in [-0.1, -0.05) is 0 Å². The standard InChI is InChI=1S/C10H10N2OS2/c1-14-7-4-3-6-5-11-10(15-2)9(13)8(6)12-7/h3-5,13H,1-2H3. The number of aromatic hydroxyl groups is 1. The van der Waals surface area contributed by atoms with Crippen LogP contribution >= 0.6 is 23.5 Å². The molecule has 15 heavy (non-hydrogen) atoms. The molecular formula is C10H10N2OS2. The lowest BCUT2D eigenvalue weighted by atomic mass is 10.2. The topological polar surface area (TPSA) is 46.0 Å². The molecule has 0 fully saturated rings. The first-order valence-corrected chi connectivity index (χ1v) is 6.78. The van der Waals surface area contributed by atoms with Crippen molar-refractivity contribution in [2.75, 3.05) is 12.5 Å². The van der Waals surface area contributed by atoms with Crippen molar-refractivity contribution in [2.45, 2.75) is 10.1 Å². The van der Waals surface area contributed by atoms with E-state index in [0.717, 1.165) is 10.4 Å². The van der Waals surface area contributed by atoms with E-state index in [-0.39, 0.29) is 5.75 Å². The summed E-state index contributed by atoms with van der Waals surface area (Å²) in [6.45, 7) is 0. The van der Waals surface area contributed by atoms with Gasteiger partial charge in [0.05, 0.1) is 5.03 Å². The number of rotatable bonds is 2. The minimum absolute atomic E-state index is 0.177. The molecule has 1 N–H and O–H groups in total. The zero-order valence-electron chi connectivity index (χ0n) is 8.39. The van der Waals surface area contributed by atoms with Gasteiger partial charge in [0.15, 0.2) is 5.75 Å². The second kappa shape index (κ2) is 4.28. The molecule has 0 amide bonds. The summed E-state index contributed by atoms with van der Waals surface area (Å²) in [6.07, 6.45) is 5.58. The van der Waals surface area contributed by atoms with E-state index < -0.39 is 0 Å². The Morgan fingerprint density at radius 3 is 2.67 bits per heavy atom. The Balaban J connectivity index is 2.72. The van der Waals surface area contributed by atoms with Crippen molar-refractivity contribution in [1.29, 1.82) is 0 Å². The molecule has 0 unspecified atom stereocenters. The summed E-state index contributed by atoms with van der Waals surface area (Å²) in [4.78, 5) is 8.51. The number of aromatic nitrogens is 2. The Bertz CT molecular complexity index is 497. The number of thioether (sulfide) groups is 2. The van der Waals surface area contributed by atoms with Crippen LogP contribution in [0, 0.1) is 0 Å². The van der Waals surface area contributed by atoms with Gasteiger partial charge in [0.2, 0.25) is 0 Å². The fourth-order valence-corrected chi connectivity index (χ4v) is 2.13. The molecule has 0 aromatic carbocycles. The molecule has 0 aliphatic rings. The third kappa shape index (κ3) is 1.89. The summed E-state index contributed by atoms with van der Waals surface area (Å²) in [7, 11) is 0. The zero-order valence-corrected chi connectivity index (χ0v) is 10.0. The Kier molecular flexibility index (Phi) is 3.02. The first-order valence-electron chi connectivity index (χ1n) is 4.33.